The van der Waals surface area contributed by atoms with Gasteiger partial charge in [0, 0.05) is 48.8 Å². The molecular formula is C32H67N3O. The molecule has 3 fully saturated rings. The third kappa shape index (κ3) is 12.1. The van der Waals surface area contributed by atoms with Crippen LogP contribution in [0.25, 0.3) is 0 Å². The number of likely N-dealkylation sites (tertiary alicyclic amines) is 2. The highest BCUT2D eigenvalue weighted by Crippen LogP contribution is 2.28. The lowest BCUT2D eigenvalue weighted by atomic mass is 9.88. The molecule has 0 aromatic carbocycles. The summed E-state index contributed by atoms with van der Waals surface area (Å²) in [5.74, 6) is 1.76. The number of hydrogen-bond acceptors (Lipinski definition) is 4. The van der Waals surface area contributed by atoms with Crippen LogP contribution in [-0.2, 0) is 4.74 Å². The molecule has 4 heteroatoms. The first kappa shape index (κ1) is 33.9. The van der Waals surface area contributed by atoms with E-state index in [1.807, 2.05) is 0 Å². The molecule has 3 aliphatic heterocycles. The van der Waals surface area contributed by atoms with Gasteiger partial charge in [0.05, 0.1) is 12.2 Å². The minimum Gasteiger partial charge on any atom is -0.373 e. The average molecular weight is 510 g/mol. The van der Waals surface area contributed by atoms with Crippen molar-refractivity contribution < 1.29 is 4.74 Å². The molecule has 4 nitrogen and oxygen atoms in total. The van der Waals surface area contributed by atoms with Crippen LogP contribution in [-0.4, -0.2) is 82.3 Å². The molecule has 3 rings (SSSR count). The van der Waals surface area contributed by atoms with E-state index in [1.165, 1.54) is 51.7 Å². The van der Waals surface area contributed by atoms with Gasteiger partial charge in [0.2, 0.25) is 0 Å². The maximum Gasteiger partial charge on any atom is 0.0678 e. The van der Waals surface area contributed by atoms with Crippen LogP contribution in [0.15, 0.2) is 0 Å². The van der Waals surface area contributed by atoms with Crippen LogP contribution in [0.3, 0.4) is 0 Å². The first-order valence-corrected chi connectivity index (χ1v) is 15.3. The molecule has 3 saturated heterocycles. The van der Waals surface area contributed by atoms with Gasteiger partial charge in [-0.05, 0) is 120 Å². The van der Waals surface area contributed by atoms with E-state index in [0.29, 0.717) is 23.3 Å². The summed E-state index contributed by atoms with van der Waals surface area (Å²) in [7, 11) is 0. The second-order valence-corrected chi connectivity index (χ2v) is 15.3. The summed E-state index contributed by atoms with van der Waals surface area (Å²) in [6, 6.07) is 0.846. The Kier molecular flexibility index (Phi) is 13.4. The summed E-state index contributed by atoms with van der Waals surface area (Å²) in [6.45, 7) is 38.1. The minimum atomic E-state index is 0.284. The summed E-state index contributed by atoms with van der Waals surface area (Å²) >= 11 is 0. The fourth-order valence-corrected chi connectivity index (χ4v) is 6.24. The molecule has 36 heavy (non-hydrogen) atoms. The largest absolute Gasteiger partial charge is 0.373 e. The van der Waals surface area contributed by atoms with E-state index in [4.69, 9.17) is 4.74 Å². The van der Waals surface area contributed by atoms with Crippen LogP contribution in [0.2, 0.25) is 0 Å². The Bertz CT molecular complexity index is 544. The van der Waals surface area contributed by atoms with Gasteiger partial charge in [-0.1, -0.05) is 27.2 Å². The predicted octanol–water partition coefficient (Wildman–Crippen LogP) is 7.71. The standard InChI is InChI=1S/2C11H23N.C10H21NO/c1-9-6-10(2)8-12(7-9)11(3,4)5;1-5-10-8-6-7-9-12(10)11(2,3)4;1-8-6-11(10(3,4)5)7-9(2)12-8/h9-10H,6-8H2,1-5H3;10H,5-9H2,1-4H3;8-9H,6-7H2,1-5H3. The second kappa shape index (κ2) is 14.3. The minimum absolute atomic E-state index is 0.284. The monoisotopic (exact) mass is 510 g/mol. The maximum absolute atomic E-state index is 5.67. The highest BCUT2D eigenvalue weighted by atomic mass is 16.5. The van der Waals surface area contributed by atoms with Crippen LogP contribution < -0.4 is 0 Å². The lowest BCUT2D eigenvalue weighted by Crippen LogP contribution is -2.53. The Labute approximate surface area is 227 Å². The van der Waals surface area contributed by atoms with Crippen LogP contribution in [0.4, 0.5) is 0 Å². The molecule has 0 aliphatic carbocycles. The molecule has 3 heterocycles. The number of morpholine rings is 1. The number of piperidine rings is 2. The van der Waals surface area contributed by atoms with Gasteiger partial charge in [-0.3, -0.25) is 14.7 Å². The first-order valence-electron chi connectivity index (χ1n) is 15.3. The molecule has 216 valence electrons. The summed E-state index contributed by atoms with van der Waals surface area (Å²) in [5, 5.41) is 0. The van der Waals surface area contributed by atoms with Crippen molar-refractivity contribution in [2.45, 2.75) is 164 Å². The van der Waals surface area contributed by atoms with Crippen LogP contribution in [0, 0.1) is 11.8 Å². The molecule has 5 atom stereocenters. The van der Waals surface area contributed by atoms with Crippen molar-refractivity contribution in [3.63, 3.8) is 0 Å². The first-order chi connectivity index (χ1) is 16.3. The summed E-state index contributed by atoms with van der Waals surface area (Å²) in [4.78, 5) is 7.79. The van der Waals surface area contributed by atoms with Gasteiger partial charge in [0.1, 0.15) is 0 Å². The zero-order chi connectivity index (χ0) is 27.9. The molecule has 0 bridgehead atoms. The van der Waals surface area contributed by atoms with Crippen LogP contribution >= 0.6 is 0 Å². The number of ether oxygens (including phenoxy) is 1. The lowest BCUT2D eigenvalue weighted by molar-refractivity contribution is -0.0924. The topological polar surface area (TPSA) is 19.0 Å². The van der Waals surface area contributed by atoms with Gasteiger partial charge in [-0.25, -0.2) is 0 Å². The van der Waals surface area contributed by atoms with Gasteiger partial charge >= 0.3 is 0 Å². The Morgan fingerprint density at radius 3 is 1.44 bits per heavy atom. The Balaban J connectivity index is 0.000000270. The molecule has 0 spiro atoms. The molecule has 5 unspecified atom stereocenters. The van der Waals surface area contributed by atoms with Crippen molar-refractivity contribution in [1.29, 1.82) is 0 Å². The lowest BCUT2D eigenvalue weighted by Gasteiger charge is -2.44. The molecule has 0 aromatic rings. The van der Waals surface area contributed by atoms with Gasteiger partial charge in [-0.15, -0.1) is 0 Å². The number of nitrogens with zero attached hydrogens (tertiary/aromatic N) is 3. The van der Waals surface area contributed by atoms with Gasteiger partial charge in [0.25, 0.3) is 0 Å². The van der Waals surface area contributed by atoms with E-state index in [9.17, 15) is 0 Å². The smallest absolute Gasteiger partial charge is 0.0678 e. The molecule has 3 aliphatic rings. The summed E-state index contributed by atoms with van der Waals surface area (Å²) in [6.07, 6.45) is 7.73. The van der Waals surface area contributed by atoms with Gasteiger partial charge < -0.3 is 4.74 Å². The van der Waals surface area contributed by atoms with E-state index in [1.54, 1.807) is 0 Å². The van der Waals surface area contributed by atoms with Crippen LogP contribution in [0.1, 0.15) is 129 Å². The van der Waals surface area contributed by atoms with E-state index >= 15 is 0 Å². The molecule has 0 radical (unpaired) electrons. The highest BCUT2D eigenvalue weighted by Gasteiger charge is 2.31. The quantitative estimate of drug-likeness (QED) is 0.360. The fourth-order valence-electron chi connectivity index (χ4n) is 6.24. The Morgan fingerprint density at radius 2 is 1.08 bits per heavy atom. The zero-order valence-electron chi connectivity index (χ0n) is 27.2. The normalized spacial score (nSPS) is 31.7. The Morgan fingerprint density at radius 1 is 0.639 bits per heavy atom. The highest BCUT2D eigenvalue weighted by molar-refractivity contribution is 4.86. The van der Waals surface area contributed by atoms with Gasteiger partial charge in [0.15, 0.2) is 0 Å². The molecule has 0 amide bonds. The van der Waals surface area contributed by atoms with Gasteiger partial charge in [-0.2, -0.15) is 0 Å². The van der Waals surface area contributed by atoms with Crippen molar-refractivity contribution in [3.8, 4) is 0 Å². The van der Waals surface area contributed by atoms with Crippen LogP contribution in [0.5, 0.6) is 0 Å². The Hall–Kier alpha value is -0.160. The van der Waals surface area contributed by atoms with Crippen molar-refractivity contribution in [2.75, 3.05) is 32.7 Å². The van der Waals surface area contributed by atoms with Crippen molar-refractivity contribution in [3.05, 3.63) is 0 Å². The predicted molar refractivity (Wildman–Crippen MR) is 160 cm³/mol. The third-order valence-electron chi connectivity index (χ3n) is 8.15. The second-order valence-electron chi connectivity index (χ2n) is 15.3. The molecule has 0 saturated carbocycles. The van der Waals surface area contributed by atoms with Crippen molar-refractivity contribution in [2.24, 2.45) is 11.8 Å². The summed E-state index contributed by atoms with van der Waals surface area (Å²) < 4.78 is 5.67. The SMILES string of the molecule is CC1CC(C)CN(C(C)(C)C)C1.CC1CN(C(C)(C)C)CC(C)O1.CCC1CCCCN1C(C)(C)C. The number of rotatable bonds is 1. The van der Waals surface area contributed by atoms with E-state index in [2.05, 4.69) is 112 Å². The van der Waals surface area contributed by atoms with E-state index < -0.39 is 0 Å². The number of hydrogen-bond donors (Lipinski definition) is 0. The third-order valence-corrected chi connectivity index (χ3v) is 8.15. The van der Waals surface area contributed by atoms with Crippen molar-refractivity contribution >= 4 is 0 Å². The fraction of sp³-hybridized carbons (Fsp3) is 1.00. The molecular weight excluding hydrogens is 442 g/mol. The van der Waals surface area contributed by atoms with E-state index in [-0.39, 0.29) is 5.54 Å². The van der Waals surface area contributed by atoms with E-state index in [0.717, 1.165) is 31.0 Å². The summed E-state index contributed by atoms with van der Waals surface area (Å²) in [5.41, 5.74) is 1.02. The average Bonchev–Trinajstić information content (AvgIpc) is 2.71. The zero-order valence-corrected chi connectivity index (χ0v) is 27.2. The molecule has 0 aromatic heterocycles. The molecule has 0 N–H and O–H groups in total. The maximum atomic E-state index is 5.67. The van der Waals surface area contributed by atoms with Crippen molar-refractivity contribution in [1.82, 2.24) is 14.7 Å².